The SMILES string of the molecule is CC[C@@]1(C(=O)NC2CCN(c3cccc(C)c3)CC2)C[C@@H]2CC[C@H]1N2. The van der Waals surface area contributed by atoms with Crippen LogP contribution in [0.5, 0.6) is 0 Å². The predicted molar refractivity (Wildman–Crippen MR) is 102 cm³/mol. The quantitative estimate of drug-likeness (QED) is 0.885. The first-order valence-electron chi connectivity index (χ1n) is 9.99. The van der Waals surface area contributed by atoms with Crippen LogP contribution in [-0.2, 0) is 4.79 Å². The lowest BCUT2D eigenvalue weighted by Gasteiger charge is -2.38. The highest BCUT2D eigenvalue weighted by molar-refractivity contribution is 5.84. The van der Waals surface area contributed by atoms with E-state index in [0.717, 1.165) is 45.2 Å². The molecule has 25 heavy (non-hydrogen) atoms. The van der Waals surface area contributed by atoms with E-state index in [2.05, 4.69) is 53.6 Å². The molecular formula is C21H31N3O. The molecule has 2 N–H and O–H groups in total. The van der Waals surface area contributed by atoms with Crippen LogP contribution >= 0.6 is 0 Å². The van der Waals surface area contributed by atoms with Crippen molar-refractivity contribution < 1.29 is 4.79 Å². The van der Waals surface area contributed by atoms with Crippen molar-refractivity contribution in [3.05, 3.63) is 29.8 Å². The molecule has 3 aliphatic heterocycles. The molecule has 3 atom stereocenters. The zero-order valence-electron chi connectivity index (χ0n) is 15.6. The van der Waals surface area contributed by atoms with Gasteiger partial charge in [0.25, 0.3) is 0 Å². The van der Waals surface area contributed by atoms with Gasteiger partial charge in [-0.05, 0) is 63.1 Å². The maximum absolute atomic E-state index is 13.1. The Morgan fingerprint density at radius 3 is 2.68 bits per heavy atom. The first-order valence-corrected chi connectivity index (χ1v) is 9.99. The summed E-state index contributed by atoms with van der Waals surface area (Å²) in [4.78, 5) is 15.5. The van der Waals surface area contributed by atoms with Crippen molar-refractivity contribution in [2.45, 2.75) is 70.5 Å². The topological polar surface area (TPSA) is 44.4 Å². The molecule has 136 valence electrons. The van der Waals surface area contributed by atoms with Crippen molar-refractivity contribution in [3.8, 4) is 0 Å². The number of piperidine rings is 1. The van der Waals surface area contributed by atoms with E-state index in [0.29, 0.717) is 24.0 Å². The summed E-state index contributed by atoms with van der Waals surface area (Å²) in [7, 11) is 0. The number of rotatable bonds is 4. The monoisotopic (exact) mass is 341 g/mol. The van der Waals surface area contributed by atoms with Crippen molar-refractivity contribution >= 4 is 11.6 Å². The lowest BCUT2D eigenvalue weighted by atomic mass is 9.71. The maximum atomic E-state index is 13.1. The zero-order valence-corrected chi connectivity index (χ0v) is 15.6. The van der Waals surface area contributed by atoms with Crippen LogP contribution in [0.25, 0.3) is 0 Å². The summed E-state index contributed by atoms with van der Waals surface area (Å²) >= 11 is 0. The van der Waals surface area contributed by atoms with Crippen molar-refractivity contribution in [2.75, 3.05) is 18.0 Å². The van der Waals surface area contributed by atoms with Gasteiger partial charge in [0.1, 0.15) is 0 Å². The third-order valence-corrected chi connectivity index (χ3v) is 6.80. The van der Waals surface area contributed by atoms with E-state index in [4.69, 9.17) is 0 Å². The van der Waals surface area contributed by atoms with Crippen LogP contribution in [0.3, 0.4) is 0 Å². The highest BCUT2D eigenvalue weighted by atomic mass is 16.2. The van der Waals surface area contributed by atoms with Crippen molar-refractivity contribution in [3.63, 3.8) is 0 Å². The fourth-order valence-corrected chi connectivity index (χ4v) is 5.24. The van der Waals surface area contributed by atoms with Gasteiger partial charge in [-0.25, -0.2) is 0 Å². The summed E-state index contributed by atoms with van der Waals surface area (Å²) in [6.45, 7) is 6.38. The first-order chi connectivity index (χ1) is 12.1. The van der Waals surface area contributed by atoms with E-state index in [1.54, 1.807) is 0 Å². The van der Waals surface area contributed by atoms with E-state index < -0.39 is 0 Å². The van der Waals surface area contributed by atoms with Gasteiger partial charge in [0.15, 0.2) is 0 Å². The Morgan fingerprint density at radius 2 is 2.08 bits per heavy atom. The number of nitrogens with zero attached hydrogens (tertiary/aromatic N) is 1. The Balaban J connectivity index is 1.35. The second-order valence-electron chi connectivity index (χ2n) is 8.28. The molecule has 0 aromatic heterocycles. The van der Waals surface area contributed by atoms with Crippen LogP contribution in [0.15, 0.2) is 24.3 Å². The molecule has 0 unspecified atom stereocenters. The lowest BCUT2D eigenvalue weighted by Crippen LogP contribution is -2.53. The summed E-state index contributed by atoms with van der Waals surface area (Å²) in [5.74, 6) is 0.309. The molecular weight excluding hydrogens is 310 g/mol. The van der Waals surface area contributed by atoms with Crippen LogP contribution in [0, 0.1) is 12.3 Å². The summed E-state index contributed by atoms with van der Waals surface area (Å²) in [5, 5.41) is 7.07. The summed E-state index contributed by atoms with van der Waals surface area (Å²) in [5.41, 5.74) is 2.46. The van der Waals surface area contributed by atoms with Crippen LogP contribution in [0.2, 0.25) is 0 Å². The molecule has 3 heterocycles. The minimum absolute atomic E-state index is 0.156. The van der Waals surface area contributed by atoms with E-state index in [-0.39, 0.29) is 5.41 Å². The number of amides is 1. The van der Waals surface area contributed by atoms with Gasteiger partial charge < -0.3 is 15.5 Å². The number of carbonyl (C=O) groups excluding carboxylic acids is 1. The zero-order chi connectivity index (χ0) is 17.4. The van der Waals surface area contributed by atoms with Gasteiger partial charge in [0.05, 0.1) is 5.41 Å². The molecule has 2 bridgehead atoms. The van der Waals surface area contributed by atoms with Crippen molar-refractivity contribution in [2.24, 2.45) is 5.41 Å². The van der Waals surface area contributed by atoms with Crippen LogP contribution in [0.4, 0.5) is 5.69 Å². The largest absolute Gasteiger partial charge is 0.371 e. The third kappa shape index (κ3) is 3.05. The van der Waals surface area contributed by atoms with Gasteiger partial charge in [-0.15, -0.1) is 0 Å². The molecule has 1 amide bonds. The summed E-state index contributed by atoms with van der Waals surface area (Å²) in [6, 6.07) is 10.0. The smallest absolute Gasteiger partial charge is 0.228 e. The number of hydrogen-bond donors (Lipinski definition) is 2. The number of benzene rings is 1. The summed E-state index contributed by atoms with van der Waals surface area (Å²) < 4.78 is 0. The van der Waals surface area contributed by atoms with Crippen LogP contribution in [0.1, 0.15) is 51.0 Å². The van der Waals surface area contributed by atoms with E-state index in [1.807, 2.05) is 0 Å². The van der Waals surface area contributed by atoms with E-state index in [1.165, 1.54) is 17.7 Å². The average Bonchev–Trinajstić information content (AvgIpc) is 3.24. The molecule has 3 fully saturated rings. The Morgan fingerprint density at radius 1 is 1.28 bits per heavy atom. The van der Waals surface area contributed by atoms with Gasteiger partial charge in [0, 0.05) is 36.9 Å². The number of aryl methyl sites for hydroxylation is 1. The first kappa shape index (κ1) is 16.9. The van der Waals surface area contributed by atoms with Gasteiger partial charge in [-0.2, -0.15) is 0 Å². The van der Waals surface area contributed by atoms with Crippen LogP contribution in [-0.4, -0.2) is 37.1 Å². The highest BCUT2D eigenvalue weighted by Crippen LogP contribution is 2.46. The van der Waals surface area contributed by atoms with Gasteiger partial charge in [-0.1, -0.05) is 19.1 Å². The van der Waals surface area contributed by atoms with Gasteiger partial charge >= 0.3 is 0 Å². The molecule has 1 aromatic carbocycles. The van der Waals surface area contributed by atoms with Crippen molar-refractivity contribution in [1.82, 2.24) is 10.6 Å². The molecule has 4 rings (SSSR count). The third-order valence-electron chi connectivity index (χ3n) is 6.80. The number of carbonyl (C=O) groups is 1. The van der Waals surface area contributed by atoms with E-state index >= 15 is 0 Å². The average molecular weight is 341 g/mol. The normalized spacial score (nSPS) is 32.2. The second-order valence-corrected chi connectivity index (χ2v) is 8.28. The molecule has 0 radical (unpaired) electrons. The van der Waals surface area contributed by atoms with E-state index in [9.17, 15) is 4.79 Å². The molecule has 0 saturated carbocycles. The fourth-order valence-electron chi connectivity index (χ4n) is 5.24. The Bertz CT molecular complexity index is 638. The maximum Gasteiger partial charge on any atom is 0.228 e. The summed E-state index contributed by atoms with van der Waals surface area (Å²) in [6.07, 6.45) is 6.48. The Labute approximate surface area is 151 Å². The molecule has 1 aromatic rings. The number of fused-ring (bicyclic) bond motifs is 2. The Kier molecular flexibility index (Phi) is 4.48. The number of hydrogen-bond acceptors (Lipinski definition) is 3. The molecule has 4 heteroatoms. The van der Waals surface area contributed by atoms with Crippen molar-refractivity contribution in [1.29, 1.82) is 0 Å². The molecule has 4 nitrogen and oxygen atoms in total. The number of nitrogens with one attached hydrogen (secondary N) is 2. The Hall–Kier alpha value is -1.55. The minimum atomic E-state index is -0.156. The molecule has 3 saturated heterocycles. The predicted octanol–water partition coefficient (Wildman–Crippen LogP) is 3.00. The second kappa shape index (κ2) is 6.64. The number of anilines is 1. The fraction of sp³-hybridized carbons (Fsp3) is 0.667. The minimum Gasteiger partial charge on any atom is -0.371 e. The molecule has 3 aliphatic rings. The van der Waals surface area contributed by atoms with Gasteiger partial charge in [-0.3, -0.25) is 4.79 Å². The van der Waals surface area contributed by atoms with Crippen LogP contribution < -0.4 is 15.5 Å². The standard InChI is InChI=1S/C21H31N3O/c1-3-21(14-17-7-8-19(21)22-17)20(25)23-16-9-11-24(12-10-16)18-6-4-5-15(2)13-18/h4-6,13,16-17,19,22H,3,7-12,14H2,1-2H3,(H,23,25)/t17-,19+,21+/m0/s1. The molecule has 0 aliphatic carbocycles. The lowest BCUT2D eigenvalue weighted by molar-refractivity contribution is -0.133. The molecule has 0 spiro atoms. The van der Waals surface area contributed by atoms with Gasteiger partial charge in [0.2, 0.25) is 5.91 Å². The highest BCUT2D eigenvalue weighted by Gasteiger charge is 2.54.